The monoisotopic (exact) mass is 343 g/mol. The van der Waals surface area contributed by atoms with Crippen LogP contribution in [0.1, 0.15) is 11.1 Å². The van der Waals surface area contributed by atoms with Crippen LogP contribution in [0, 0.1) is 11.3 Å². The number of carbonyl (C=O) groups excluding carboxylic acids is 1. The molecule has 0 aliphatic rings. The first-order valence-electron chi connectivity index (χ1n) is 8.08. The number of aromatic nitrogens is 2. The van der Waals surface area contributed by atoms with Crippen molar-refractivity contribution in [3.8, 4) is 17.3 Å². The van der Waals surface area contributed by atoms with E-state index in [-0.39, 0.29) is 5.57 Å². The van der Waals surface area contributed by atoms with E-state index < -0.39 is 5.97 Å². The number of ether oxygens (including phenoxy) is 1. The first kappa shape index (κ1) is 17.2. The largest absolute Gasteiger partial charge is 0.465 e. The number of methoxy groups -OCH3 is 1. The number of rotatable bonds is 5. The molecule has 128 valence electrons. The van der Waals surface area contributed by atoms with E-state index >= 15 is 0 Å². The maximum absolute atomic E-state index is 11.8. The fraction of sp³-hybridized carbons (Fsp3) is 0.0952. The number of hydrogen-bond donors (Lipinski definition) is 0. The van der Waals surface area contributed by atoms with E-state index in [1.54, 1.807) is 4.68 Å². The molecule has 5 heteroatoms. The molecule has 0 aliphatic heterocycles. The fourth-order valence-electron chi connectivity index (χ4n) is 2.62. The van der Waals surface area contributed by atoms with Gasteiger partial charge < -0.3 is 4.74 Å². The maximum atomic E-state index is 11.8. The number of nitriles is 1. The Bertz CT molecular complexity index is 967. The number of benzene rings is 2. The van der Waals surface area contributed by atoms with Gasteiger partial charge in [-0.1, -0.05) is 60.7 Å². The summed E-state index contributed by atoms with van der Waals surface area (Å²) in [6.45, 7) is 0.592. The van der Waals surface area contributed by atoms with Gasteiger partial charge in [0.15, 0.2) is 0 Å². The summed E-state index contributed by atoms with van der Waals surface area (Å²) in [6.07, 6.45) is 3.35. The highest BCUT2D eigenvalue weighted by Crippen LogP contribution is 2.24. The average Bonchev–Trinajstić information content (AvgIpc) is 3.09. The van der Waals surface area contributed by atoms with Crippen molar-refractivity contribution in [1.82, 2.24) is 9.78 Å². The Morgan fingerprint density at radius 2 is 1.81 bits per heavy atom. The minimum atomic E-state index is -0.665. The van der Waals surface area contributed by atoms with Crippen LogP contribution in [0.5, 0.6) is 0 Å². The lowest BCUT2D eigenvalue weighted by molar-refractivity contribution is -0.135. The quantitative estimate of drug-likeness (QED) is 0.403. The molecule has 0 amide bonds. The molecule has 1 heterocycles. The lowest BCUT2D eigenvalue weighted by atomic mass is 10.1. The van der Waals surface area contributed by atoms with E-state index in [2.05, 4.69) is 9.84 Å². The van der Waals surface area contributed by atoms with Crippen molar-refractivity contribution in [1.29, 1.82) is 5.26 Å². The molecule has 3 aromatic rings. The normalized spacial score (nSPS) is 11.0. The molecule has 3 rings (SSSR count). The highest BCUT2D eigenvalue weighted by Gasteiger charge is 2.14. The van der Waals surface area contributed by atoms with Gasteiger partial charge in [0.2, 0.25) is 0 Å². The SMILES string of the molecule is COC(=O)/C(C#N)=C\c1cn(Cc2ccccc2)nc1-c1ccccc1. The maximum Gasteiger partial charge on any atom is 0.348 e. The van der Waals surface area contributed by atoms with Gasteiger partial charge in [-0.25, -0.2) is 4.79 Å². The Labute approximate surface area is 151 Å². The highest BCUT2D eigenvalue weighted by atomic mass is 16.5. The molecule has 26 heavy (non-hydrogen) atoms. The topological polar surface area (TPSA) is 67.9 Å². The Morgan fingerprint density at radius 3 is 2.42 bits per heavy atom. The second-order valence-electron chi connectivity index (χ2n) is 5.64. The number of hydrogen-bond acceptors (Lipinski definition) is 4. The number of nitrogens with zero attached hydrogens (tertiary/aromatic N) is 3. The lowest BCUT2D eigenvalue weighted by Gasteiger charge is -2.01. The molecular formula is C21H17N3O2. The van der Waals surface area contributed by atoms with Crippen molar-refractivity contribution in [2.45, 2.75) is 6.54 Å². The zero-order valence-corrected chi connectivity index (χ0v) is 14.3. The Balaban J connectivity index is 2.05. The first-order chi connectivity index (χ1) is 12.7. The number of carbonyl (C=O) groups is 1. The molecule has 0 aliphatic carbocycles. The molecule has 0 bridgehead atoms. The summed E-state index contributed by atoms with van der Waals surface area (Å²) in [6, 6.07) is 21.5. The molecule has 1 aromatic heterocycles. The summed E-state index contributed by atoms with van der Waals surface area (Å²) in [4.78, 5) is 11.8. The molecular weight excluding hydrogens is 326 g/mol. The summed E-state index contributed by atoms with van der Waals surface area (Å²) < 4.78 is 6.47. The molecule has 0 fully saturated rings. The number of esters is 1. The van der Waals surface area contributed by atoms with E-state index in [0.29, 0.717) is 17.8 Å². The fourth-order valence-corrected chi connectivity index (χ4v) is 2.62. The Morgan fingerprint density at radius 1 is 1.15 bits per heavy atom. The molecule has 0 radical (unpaired) electrons. The molecule has 2 aromatic carbocycles. The van der Waals surface area contributed by atoms with E-state index in [1.165, 1.54) is 13.2 Å². The van der Waals surface area contributed by atoms with Gasteiger partial charge in [0, 0.05) is 17.3 Å². The van der Waals surface area contributed by atoms with Crippen LogP contribution in [-0.2, 0) is 16.1 Å². The van der Waals surface area contributed by atoms with Crippen LogP contribution in [0.2, 0.25) is 0 Å². The second-order valence-corrected chi connectivity index (χ2v) is 5.64. The molecule has 0 spiro atoms. The van der Waals surface area contributed by atoms with Gasteiger partial charge in [0.1, 0.15) is 11.6 Å². The molecule has 0 atom stereocenters. The van der Waals surface area contributed by atoms with Crippen LogP contribution in [0.25, 0.3) is 17.3 Å². The van der Waals surface area contributed by atoms with Gasteiger partial charge in [0.05, 0.1) is 19.3 Å². The van der Waals surface area contributed by atoms with Crippen LogP contribution < -0.4 is 0 Å². The van der Waals surface area contributed by atoms with Crippen molar-refractivity contribution >= 4 is 12.0 Å². The third-order valence-corrected chi connectivity index (χ3v) is 3.85. The van der Waals surface area contributed by atoms with Crippen LogP contribution in [0.4, 0.5) is 0 Å². The van der Waals surface area contributed by atoms with Gasteiger partial charge >= 0.3 is 5.97 Å². The van der Waals surface area contributed by atoms with Crippen LogP contribution in [0.15, 0.2) is 72.4 Å². The van der Waals surface area contributed by atoms with Crippen molar-refractivity contribution < 1.29 is 9.53 Å². The molecule has 0 unspecified atom stereocenters. The molecule has 0 saturated carbocycles. The van der Waals surface area contributed by atoms with Gasteiger partial charge in [-0.15, -0.1) is 0 Å². The van der Waals surface area contributed by atoms with Crippen molar-refractivity contribution in [2.24, 2.45) is 0 Å². The second kappa shape index (κ2) is 7.95. The Kier molecular flexibility index (Phi) is 5.25. The van der Waals surface area contributed by atoms with Crippen LogP contribution in [-0.4, -0.2) is 22.9 Å². The average molecular weight is 343 g/mol. The van der Waals surface area contributed by atoms with Crippen LogP contribution in [0.3, 0.4) is 0 Å². The minimum absolute atomic E-state index is 0.0658. The minimum Gasteiger partial charge on any atom is -0.465 e. The van der Waals surface area contributed by atoms with Gasteiger partial charge in [0.25, 0.3) is 0 Å². The van der Waals surface area contributed by atoms with Crippen molar-refractivity contribution in [2.75, 3.05) is 7.11 Å². The van der Waals surface area contributed by atoms with Crippen molar-refractivity contribution in [3.63, 3.8) is 0 Å². The zero-order valence-electron chi connectivity index (χ0n) is 14.3. The zero-order chi connectivity index (χ0) is 18.4. The van der Waals surface area contributed by atoms with Crippen LogP contribution >= 0.6 is 0 Å². The predicted octanol–water partition coefficient (Wildman–Crippen LogP) is 3.68. The molecule has 0 N–H and O–H groups in total. The van der Waals surface area contributed by atoms with Crippen molar-refractivity contribution in [3.05, 3.63) is 83.6 Å². The summed E-state index contributed by atoms with van der Waals surface area (Å²) in [7, 11) is 1.25. The Hall–Kier alpha value is -3.65. The van der Waals surface area contributed by atoms with Gasteiger partial charge in [-0.3, -0.25) is 4.68 Å². The first-order valence-corrected chi connectivity index (χ1v) is 8.08. The molecule has 0 saturated heterocycles. The third-order valence-electron chi connectivity index (χ3n) is 3.85. The van der Waals surface area contributed by atoms with E-state index in [4.69, 9.17) is 0 Å². The van der Waals surface area contributed by atoms with E-state index in [0.717, 1.165) is 11.1 Å². The highest BCUT2D eigenvalue weighted by molar-refractivity contribution is 5.98. The van der Waals surface area contributed by atoms with Gasteiger partial charge in [-0.05, 0) is 11.6 Å². The predicted molar refractivity (Wildman–Crippen MR) is 98.8 cm³/mol. The summed E-state index contributed by atoms with van der Waals surface area (Å²) in [5.41, 5.74) is 3.35. The summed E-state index contributed by atoms with van der Waals surface area (Å²) in [5, 5.41) is 13.9. The van der Waals surface area contributed by atoms with Gasteiger partial charge in [-0.2, -0.15) is 10.4 Å². The summed E-state index contributed by atoms with van der Waals surface area (Å²) in [5.74, 6) is -0.665. The molecule has 5 nitrogen and oxygen atoms in total. The standard InChI is InChI=1S/C21H17N3O2/c1-26-21(25)18(13-22)12-19-15-24(14-16-8-4-2-5-9-16)23-20(19)17-10-6-3-7-11-17/h2-12,15H,14H2,1H3/b18-12-. The lowest BCUT2D eigenvalue weighted by Crippen LogP contribution is -2.02. The third kappa shape index (κ3) is 3.87. The summed E-state index contributed by atoms with van der Waals surface area (Å²) >= 11 is 0. The van der Waals surface area contributed by atoms with E-state index in [9.17, 15) is 10.1 Å². The van der Waals surface area contributed by atoms with E-state index in [1.807, 2.05) is 72.9 Å². The smallest absolute Gasteiger partial charge is 0.348 e.